The van der Waals surface area contributed by atoms with Gasteiger partial charge in [0, 0.05) is 10.7 Å². The van der Waals surface area contributed by atoms with Gasteiger partial charge < -0.3 is 5.32 Å². The van der Waals surface area contributed by atoms with Crippen molar-refractivity contribution >= 4 is 25.6 Å². The number of hydrogen-bond donors (Lipinski definition) is 1. The van der Waals surface area contributed by atoms with E-state index >= 15 is 0 Å². The summed E-state index contributed by atoms with van der Waals surface area (Å²) in [5.41, 5.74) is -1.46. The number of hydrogen-bond acceptors (Lipinski definition) is 3. The first-order valence-corrected chi connectivity index (χ1v) is 7.02. The van der Waals surface area contributed by atoms with Crippen LogP contribution in [0.1, 0.15) is 10.4 Å². The van der Waals surface area contributed by atoms with E-state index in [2.05, 4.69) is 0 Å². The number of nitrogens with one attached hydrogen (secondary N) is 1. The molecule has 1 rings (SSSR count). The maximum Gasteiger partial charge on any atom is 0.405 e. The SMILES string of the molecule is O=C(NCC(F)(F)F)c1c(F)ccc(S(=O)(=O)Cl)c1F. The van der Waals surface area contributed by atoms with Crippen molar-refractivity contribution in [2.24, 2.45) is 0 Å². The van der Waals surface area contributed by atoms with Gasteiger partial charge in [-0.25, -0.2) is 17.2 Å². The van der Waals surface area contributed by atoms with Gasteiger partial charge in [0.15, 0.2) is 5.82 Å². The van der Waals surface area contributed by atoms with Crippen molar-refractivity contribution in [3.05, 3.63) is 29.3 Å². The van der Waals surface area contributed by atoms with Crippen LogP contribution in [0, 0.1) is 11.6 Å². The number of carbonyl (C=O) groups is 1. The predicted octanol–water partition coefficient (Wildman–Crippen LogP) is 2.18. The number of amides is 1. The minimum atomic E-state index is -4.79. The minimum Gasteiger partial charge on any atom is -0.343 e. The summed E-state index contributed by atoms with van der Waals surface area (Å²) in [6.45, 7) is -1.83. The van der Waals surface area contributed by atoms with Crippen LogP contribution in [0.2, 0.25) is 0 Å². The molecule has 0 heterocycles. The van der Waals surface area contributed by atoms with Gasteiger partial charge in [0.25, 0.3) is 15.0 Å². The van der Waals surface area contributed by atoms with Crippen molar-refractivity contribution in [2.45, 2.75) is 11.1 Å². The Morgan fingerprint density at radius 3 is 2.25 bits per heavy atom. The third-order valence-corrected chi connectivity index (χ3v) is 3.33. The first-order valence-electron chi connectivity index (χ1n) is 4.71. The molecule has 0 atom stereocenters. The molecule has 0 radical (unpaired) electrons. The molecule has 1 aromatic rings. The summed E-state index contributed by atoms with van der Waals surface area (Å²) in [6, 6.07) is 0.856. The highest BCUT2D eigenvalue weighted by Crippen LogP contribution is 2.24. The zero-order valence-corrected chi connectivity index (χ0v) is 10.8. The molecule has 0 spiro atoms. The first kappa shape index (κ1) is 16.6. The fraction of sp³-hybridized carbons (Fsp3) is 0.222. The molecule has 0 saturated carbocycles. The van der Waals surface area contributed by atoms with Gasteiger partial charge in [-0.15, -0.1) is 0 Å². The molecular formula is C9H5ClF5NO3S. The lowest BCUT2D eigenvalue weighted by molar-refractivity contribution is -0.123. The van der Waals surface area contributed by atoms with Gasteiger partial charge in [-0.05, 0) is 12.1 Å². The third-order valence-electron chi connectivity index (χ3n) is 1.99. The summed E-state index contributed by atoms with van der Waals surface area (Å²) in [5, 5.41) is 1.22. The summed E-state index contributed by atoms with van der Waals surface area (Å²) in [6.07, 6.45) is -4.79. The number of halogens is 6. The molecule has 112 valence electrons. The van der Waals surface area contributed by atoms with Gasteiger partial charge in [0.2, 0.25) is 0 Å². The van der Waals surface area contributed by atoms with Gasteiger partial charge in [-0.2, -0.15) is 13.2 Å². The van der Waals surface area contributed by atoms with Crippen LogP contribution in [-0.2, 0) is 9.05 Å². The van der Waals surface area contributed by atoms with Crippen LogP contribution in [0.5, 0.6) is 0 Å². The Hall–Kier alpha value is -1.42. The lowest BCUT2D eigenvalue weighted by Gasteiger charge is -2.10. The largest absolute Gasteiger partial charge is 0.405 e. The lowest BCUT2D eigenvalue weighted by atomic mass is 10.2. The van der Waals surface area contributed by atoms with Gasteiger partial charge in [-0.1, -0.05) is 0 Å². The predicted molar refractivity (Wildman–Crippen MR) is 57.8 cm³/mol. The molecule has 0 aliphatic carbocycles. The van der Waals surface area contributed by atoms with E-state index in [1.807, 2.05) is 0 Å². The topological polar surface area (TPSA) is 63.2 Å². The zero-order valence-electron chi connectivity index (χ0n) is 9.26. The smallest absolute Gasteiger partial charge is 0.343 e. The molecule has 1 amide bonds. The quantitative estimate of drug-likeness (QED) is 0.679. The fourth-order valence-electron chi connectivity index (χ4n) is 1.20. The molecule has 0 unspecified atom stereocenters. The van der Waals surface area contributed by atoms with E-state index in [0.717, 1.165) is 0 Å². The average Bonchev–Trinajstić information content (AvgIpc) is 2.23. The standard InChI is InChI=1S/C9H5ClF5NO3S/c10-20(18,19)5-2-1-4(11)6(7(5)12)8(17)16-3-9(13,14)15/h1-2H,3H2,(H,16,17). The van der Waals surface area contributed by atoms with Crippen LogP contribution < -0.4 is 5.32 Å². The van der Waals surface area contributed by atoms with Crippen molar-refractivity contribution in [1.82, 2.24) is 5.32 Å². The second-order valence-electron chi connectivity index (χ2n) is 3.47. The van der Waals surface area contributed by atoms with Crippen LogP contribution in [0.4, 0.5) is 22.0 Å². The number of carbonyl (C=O) groups excluding carboxylic acids is 1. The molecule has 0 bridgehead atoms. The lowest BCUT2D eigenvalue weighted by Crippen LogP contribution is -2.34. The van der Waals surface area contributed by atoms with E-state index in [-0.39, 0.29) is 0 Å². The molecule has 4 nitrogen and oxygen atoms in total. The van der Waals surface area contributed by atoms with Crippen molar-refractivity contribution in [2.75, 3.05) is 6.54 Å². The summed E-state index contributed by atoms with van der Waals surface area (Å²) in [5.74, 6) is -5.13. The Kier molecular flexibility index (Phi) is 4.59. The van der Waals surface area contributed by atoms with Crippen molar-refractivity contribution in [3.8, 4) is 0 Å². The van der Waals surface area contributed by atoms with Crippen molar-refractivity contribution in [1.29, 1.82) is 0 Å². The molecule has 1 N–H and O–H groups in total. The summed E-state index contributed by atoms with van der Waals surface area (Å²) in [4.78, 5) is 10.1. The Bertz CT molecular complexity index is 644. The van der Waals surface area contributed by atoms with E-state index in [0.29, 0.717) is 12.1 Å². The highest BCUT2D eigenvalue weighted by atomic mass is 35.7. The van der Waals surface area contributed by atoms with Crippen LogP contribution >= 0.6 is 10.7 Å². The Morgan fingerprint density at radius 2 is 1.80 bits per heavy atom. The summed E-state index contributed by atoms with van der Waals surface area (Å²) < 4.78 is 84.5. The molecule has 0 aliphatic rings. The Morgan fingerprint density at radius 1 is 1.25 bits per heavy atom. The van der Waals surface area contributed by atoms with Crippen LogP contribution in [0.3, 0.4) is 0 Å². The fourth-order valence-corrected chi connectivity index (χ4v) is 2.10. The summed E-state index contributed by atoms with van der Waals surface area (Å²) in [7, 11) is 0.219. The molecule has 11 heteroatoms. The molecule has 0 aromatic heterocycles. The number of alkyl halides is 3. The van der Waals surface area contributed by atoms with E-state index < -0.39 is 49.8 Å². The van der Waals surface area contributed by atoms with Gasteiger partial charge in [-0.3, -0.25) is 4.79 Å². The second kappa shape index (κ2) is 5.52. The summed E-state index contributed by atoms with van der Waals surface area (Å²) >= 11 is 0. The molecule has 0 aliphatic heterocycles. The normalized spacial score (nSPS) is 12.3. The monoisotopic (exact) mass is 337 g/mol. The number of rotatable bonds is 3. The van der Waals surface area contributed by atoms with Crippen molar-refractivity contribution in [3.63, 3.8) is 0 Å². The van der Waals surface area contributed by atoms with E-state index in [1.54, 1.807) is 0 Å². The van der Waals surface area contributed by atoms with Gasteiger partial charge in [0.05, 0.1) is 0 Å². The van der Waals surface area contributed by atoms with E-state index in [9.17, 15) is 35.2 Å². The Balaban J connectivity index is 3.22. The van der Waals surface area contributed by atoms with Crippen LogP contribution in [0.25, 0.3) is 0 Å². The maximum absolute atomic E-state index is 13.7. The van der Waals surface area contributed by atoms with Crippen molar-refractivity contribution < 1.29 is 35.2 Å². The highest BCUT2D eigenvalue weighted by Gasteiger charge is 2.31. The molecule has 0 fully saturated rings. The highest BCUT2D eigenvalue weighted by molar-refractivity contribution is 8.13. The second-order valence-corrected chi connectivity index (χ2v) is 6.00. The third kappa shape index (κ3) is 4.04. The van der Waals surface area contributed by atoms with Crippen LogP contribution in [-0.4, -0.2) is 27.0 Å². The maximum atomic E-state index is 13.7. The number of benzene rings is 1. The molecule has 0 saturated heterocycles. The Labute approximate surface area is 113 Å². The average molecular weight is 338 g/mol. The van der Waals surface area contributed by atoms with E-state index in [1.165, 1.54) is 5.32 Å². The van der Waals surface area contributed by atoms with Crippen LogP contribution in [0.15, 0.2) is 17.0 Å². The zero-order chi connectivity index (χ0) is 15.7. The molecule has 1 aromatic carbocycles. The molecular weight excluding hydrogens is 333 g/mol. The first-order chi connectivity index (χ1) is 8.93. The van der Waals surface area contributed by atoms with Gasteiger partial charge >= 0.3 is 6.18 Å². The van der Waals surface area contributed by atoms with Gasteiger partial charge in [0.1, 0.15) is 22.8 Å². The minimum absolute atomic E-state index is 0.404. The molecule has 20 heavy (non-hydrogen) atoms. The van der Waals surface area contributed by atoms with E-state index in [4.69, 9.17) is 10.7 Å².